The number of carbonyl (C=O) groups excluding carboxylic acids is 1. The van der Waals surface area contributed by atoms with E-state index in [-0.39, 0.29) is 18.0 Å². The fraction of sp³-hybridized carbons (Fsp3) is 0.211. The zero-order chi connectivity index (χ0) is 17.1. The molecule has 5 heteroatoms. The Morgan fingerprint density at radius 3 is 2.08 bits per heavy atom. The van der Waals surface area contributed by atoms with Crippen LogP contribution in [0.3, 0.4) is 0 Å². The Kier molecular flexibility index (Phi) is 4.76. The number of carbonyl (C=O) groups is 1. The van der Waals surface area contributed by atoms with Crippen LogP contribution in [0.25, 0.3) is 0 Å². The van der Waals surface area contributed by atoms with Crippen LogP contribution in [0.1, 0.15) is 11.1 Å². The molecule has 0 aromatic heterocycles. The average Bonchev–Trinajstić information content (AvgIpc) is 2.56. The highest BCUT2D eigenvalue weighted by atomic mass is 35.5. The average molecular weight is 342 g/mol. The second-order valence-corrected chi connectivity index (χ2v) is 6.50. The summed E-state index contributed by atoms with van der Waals surface area (Å²) in [5, 5.41) is 6.99. The van der Waals surface area contributed by atoms with E-state index < -0.39 is 0 Å². The number of anilines is 1. The van der Waals surface area contributed by atoms with Crippen LogP contribution < -0.4 is 16.4 Å². The van der Waals surface area contributed by atoms with Gasteiger partial charge >= 0.3 is 0 Å². The Hall–Kier alpha value is -2.46. The van der Waals surface area contributed by atoms with Gasteiger partial charge in [-0.1, -0.05) is 42.4 Å². The Labute approximate surface area is 146 Å². The summed E-state index contributed by atoms with van der Waals surface area (Å²) in [6.07, 6.45) is 1.28. The van der Waals surface area contributed by atoms with Gasteiger partial charge in [-0.15, -0.1) is 0 Å². The Balaban J connectivity index is 1.63. The molecular formula is C19H20ClN3O. The Morgan fingerprint density at radius 1 is 0.917 bits per heavy atom. The number of halogens is 1. The summed E-state index contributed by atoms with van der Waals surface area (Å²) in [4.78, 5) is 12.4. The van der Waals surface area contributed by atoms with Crippen molar-refractivity contribution in [3.8, 4) is 0 Å². The van der Waals surface area contributed by atoms with Crippen molar-refractivity contribution in [3.05, 3.63) is 77.0 Å². The largest absolute Gasteiger partial charge is 0.399 e. The molecule has 24 heavy (non-hydrogen) atoms. The zero-order valence-corrected chi connectivity index (χ0v) is 14.0. The molecule has 0 bridgehead atoms. The van der Waals surface area contributed by atoms with Gasteiger partial charge in [-0.25, -0.2) is 0 Å². The van der Waals surface area contributed by atoms with Gasteiger partial charge in [-0.2, -0.15) is 0 Å². The zero-order valence-electron chi connectivity index (χ0n) is 13.3. The first-order chi connectivity index (χ1) is 11.5. The molecule has 3 rings (SSSR count). The molecule has 1 aliphatic rings. The predicted molar refractivity (Wildman–Crippen MR) is 97.7 cm³/mol. The topological polar surface area (TPSA) is 67.2 Å². The molecule has 4 N–H and O–H groups in total. The van der Waals surface area contributed by atoms with Gasteiger partial charge in [-0.05, 0) is 41.8 Å². The molecule has 0 aliphatic carbocycles. The molecule has 2 aromatic carbocycles. The smallest absolute Gasteiger partial charge is 0.243 e. The molecule has 1 aliphatic heterocycles. The monoisotopic (exact) mass is 341 g/mol. The van der Waals surface area contributed by atoms with E-state index in [1.807, 2.05) is 48.5 Å². The second-order valence-electron chi connectivity index (χ2n) is 6.06. The summed E-state index contributed by atoms with van der Waals surface area (Å²) in [5.41, 5.74) is 9.41. The number of hydrogen-bond acceptors (Lipinski definition) is 3. The van der Waals surface area contributed by atoms with Crippen molar-refractivity contribution in [1.29, 1.82) is 0 Å². The van der Waals surface area contributed by atoms with Crippen molar-refractivity contribution in [1.82, 2.24) is 10.6 Å². The molecule has 0 unspecified atom stereocenters. The van der Waals surface area contributed by atoms with Gasteiger partial charge < -0.3 is 16.4 Å². The van der Waals surface area contributed by atoms with Gasteiger partial charge in [0.2, 0.25) is 5.91 Å². The van der Waals surface area contributed by atoms with Crippen molar-refractivity contribution < 1.29 is 4.79 Å². The van der Waals surface area contributed by atoms with Crippen LogP contribution in [-0.2, 0) is 17.6 Å². The van der Waals surface area contributed by atoms with Gasteiger partial charge in [0.05, 0.1) is 6.04 Å². The van der Waals surface area contributed by atoms with Crippen LogP contribution in [0.2, 0.25) is 5.02 Å². The first-order valence-electron chi connectivity index (χ1n) is 7.86. The van der Waals surface area contributed by atoms with Crippen molar-refractivity contribution in [2.24, 2.45) is 0 Å². The molecule has 0 spiro atoms. The second kappa shape index (κ2) is 6.97. The Morgan fingerprint density at radius 2 is 1.46 bits per heavy atom. The minimum atomic E-state index is -0.318. The SMILES string of the molecule is C=C1N[C@@H](Cc2ccc(Cl)cc2)C(=O)N[C@H]1Cc1ccc(N)cc1. The van der Waals surface area contributed by atoms with Crippen LogP contribution >= 0.6 is 11.6 Å². The molecule has 1 saturated heterocycles. The summed E-state index contributed by atoms with van der Waals surface area (Å²) in [6, 6.07) is 14.7. The summed E-state index contributed by atoms with van der Waals surface area (Å²) in [5.74, 6) is -0.0159. The van der Waals surface area contributed by atoms with Crippen molar-refractivity contribution in [2.45, 2.75) is 24.9 Å². The normalized spacial score (nSPS) is 20.4. The van der Waals surface area contributed by atoms with Crippen LogP contribution in [0.5, 0.6) is 0 Å². The lowest BCUT2D eigenvalue weighted by atomic mass is 9.97. The molecule has 124 valence electrons. The van der Waals surface area contributed by atoms with Gasteiger partial charge in [0.15, 0.2) is 0 Å². The lowest BCUT2D eigenvalue weighted by Gasteiger charge is -2.33. The summed E-state index contributed by atoms with van der Waals surface area (Å²) < 4.78 is 0. The third-order valence-electron chi connectivity index (χ3n) is 4.19. The number of nitrogens with one attached hydrogen (secondary N) is 2. The number of amides is 1. The maximum atomic E-state index is 12.4. The summed E-state index contributed by atoms with van der Waals surface area (Å²) in [6.45, 7) is 4.08. The number of benzene rings is 2. The van der Waals surface area contributed by atoms with E-state index in [9.17, 15) is 4.79 Å². The number of hydrogen-bond donors (Lipinski definition) is 3. The minimum Gasteiger partial charge on any atom is -0.399 e. The molecular weight excluding hydrogens is 322 g/mol. The first-order valence-corrected chi connectivity index (χ1v) is 8.23. The highest BCUT2D eigenvalue weighted by Crippen LogP contribution is 2.17. The van der Waals surface area contributed by atoms with Crippen LogP contribution in [0.4, 0.5) is 5.69 Å². The standard InChI is InChI=1S/C19H20ClN3O/c1-12-17(10-14-4-8-16(21)9-5-14)23-19(24)18(22-12)11-13-2-6-15(20)7-3-13/h2-9,17-18,22H,1,10-11,21H2,(H,23,24)/t17-,18-/m0/s1. The third-order valence-corrected chi connectivity index (χ3v) is 4.44. The maximum Gasteiger partial charge on any atom is 0.243 e. The van der Waals surface area contributed by atoms with E-state index >= 15 is 0 Å². The first kappa shape index (κ1) is 16.4. The van der Waals surface area contributed by atoms with Gasteiger partial charge in [-0.3, -0.25) is 4.79 Å². The lowest BCUT2D eigenvalue weighted by Crippen LogP contribution is -2.57. The maximum absolute atomic E-state index is 12.4. The fourth-order valence-corrected chi connectivity index (χ4v) is 2.94. The van der Waals surface area contributed by atoms with E-state index in [2.05, 4.69) is 17.2 Å². The molecule has 4 nitrogen and oxygen atoms in total. The molecule has 1 heterocycles. The van der Waals surface area contributed by atoms with Gasteiger partial charge in [0.1, 0.15) is 6.04 Å². The van der Waals surface area contributed by atoms with E-state index in [1.54, 1.807) is 0 Å². The summed E-state index contributed by atoms with van der Waals surface area (Å²) >= 11 is 5.90. The van der Waals surface area contributed by atoms with Crippen molar-refractivity contribution >= 4 is 23.2 Å². The number of nitrogens with two attached hydrogens (primary N) is 1. The summed E-state index contributed by atoms with van der Waals surface area (Å²) in [7, 11) is 0. The van der Waals surface area contributed by atoms with Gasteiger partial charge in [0, 0.05) is 22.8 Å². The van der Waals surface area contributed by atoms with Crippen LogP contribution in [0.15, 0.2) is 60.8 Å². The molecule has 2 atom stereocenters. The number of piperazine rings is 1. The fourth-order valence-electron chi connectivity index (χ4n) is 2.81. The van der Waals surface area contributed by atoms with E-state index in [0.717, 1.165) is 22.5 Å². The quantitative estimate of drug-likeness (QED) is 0.749. The van der Waals surface area contributed by atoms with Gasteiger partial charge in [0.25, 0.3) is 0 Å². The number of nitrogen functional groups attached to an aromatic ring is 1. The number of rotatable bonds is 4. The Bertz CT molecular complexity index is 675. The lowest BCUT2D eigenvalue weighted by molar-refractivity contribution is -0.124. The van der Waals surface area contributed by atoms with Crippen molar-refractivity contribution in [2.75, 3.05) is 5.73 Å². The predicted octanol–water partition coefficient (Wildman–Crippen LogP) is 2.68. The van der Waals surface area contributed by atoms with E-state index in [4.69, 9.17) is 17.3 Å². The van der Waals surface area contributed by atoms with E-state index in [0.29, 0.717) is 17.9 Å². The molecule has 1 amide bonds. The molecule has 2 aromatic rings. The highest BCUT2D eigenvalue weighted by Gasteiger charge is 2.29. The minimum absolute atomic E-state index is 0.0159. The molecule has 0 saturated carbocycles. The van der Waals surface area contributed by atoms with Crippen molar-refractivity contribution in [3.63, 3.8) is 0 Å². The third kappa shape index (κ3) is 3.89. The van der Waals surface area contributed by atoms with Crippen LogP contribution in [-0.4, -0.2) is 18.0 Å². The van der Waals surface area contributed by atoms with Crippen LogP contribution in [0, 0.1) is 0 Å². The molecule has 1 fully saturated rings. The molecule has 0 radical (unpaired) electrons. The van der Waals surface area contributed by atoms with E-state index in [1.165, 1.54) is 0 Å². The highest BCUT2D eigenvalue weighted by molar-refractivity contribution is 6.30.